The zero-order chi connectivity index (χ0) is 25.6. The minimum Gasteiger partial charge on any atom is -0.497 e. The molecule has 0 atom stereocenters. The fourth-order valence-electron chi connectivity index (χ4n) is 4.73. The van der Waals surface area contributed by atoms with Gasteiger partial charge in [-0.2, -0.15) is 5.10 Å². The minimum atomic E-state index is -0.368. The number of aromatic nitrogens is 3. The first-order valence-corrected chi connectivity index (χ1v) is 12.6. The molecule has 37 heavy (non-hydrogen) atoms. The van der Waals surface area contributed by atoms with Crippen molar-refractivity contribution >= 4 is 22.7 Å². The van der Waals surface area contributed by atoms with Crippen LogP contribution in [0.15, 0.2) is 60.8 Å². The lowest BCUT2D eigenvalue weighted by atomic mass is 9.95. The molecular formula is C30H30N4O3. The summed E-state index contributed by atoms with van der Waals surface area (Å²) in [6, 6.07) is 17.5. The van der Waals surface area contributed by atoms with Crippen LogP contribution < -0.4 is 10.1 Å². The molecule has 0 amide bonds. The maximum absolute atomic E-state index is 11.7. The zero-order valence-corrected chi connectivity index (χ0v) is 21.2. The summed E-state index contributed by atoms with van der Waals surface area (Å²) in [6.07, 6.45) is 7.89. The van der Waals surface area contributed by atoms with Gasteiger partial charge in [-0.3, -0.25) is 4.68 Å². The highest BCUT2D eigenvalue weighted by molar-refractivity contribution is 5.94. The van der Waals surface area contributed by atoms with Crippen molar-refractivity contribution in [2.45, 2.75) is 44.7 Å². The number of rotatable bonds is 6. The Hall–Kier alpha value is -4.31. The number of esters is 1. The van der Waals surface area contributed by atoms with E-state index >= 15 is 0 Å². The molecular weight excluding hydrogens is 464 g/mol. The van der Waals surface area contributed by atoms with Crippen molar-refractivity contribution in [1.82, 2.24) is 14.8 Å². The molecule has 5 rings (SSSR count). The van der Waals surface area contributed by atoms with Crippen LogP contribution in [0, 0.1) is 11.8 Å². The molecule has 188 valence electrons. The van der Waals surface area contributed by atoms with Gasteiger partial charge in [0.1, 0.15) is 17.3 Å². The topological polar surface area (TPSA) is 78.3 Å². The van der Waals surface area contributed by atoms with Crippen LogP contribution in [0.3, 0.4) is 0 Å². The van der Waals surface area contributed by atoms with Gasteiger partial charge in [0.25, 0.3) is 0 Å². The summed E-state index contributed by atoms with van der Waals surface area (Å²) in [6.45, 7) is 0.600. The molecule has 0 radical (unpaired) electrons. The minimum absolute atomic E-state index is 0.368. The van der Waals surface area contributed by atoms with E-state index in [2.05, 4.69) is 17.2 Å². The number of ether oxygens (including phenoxy) is 2. The lowest BCUT2D eigenvalue weighted by Gasteiger charge is -2.23. The van der Waals surface area contributed by atoms with Crippen LogP contribution in [0.25, 0.3) is 10.9 Å². The fraction of sp³-hybridized carbons (Fsp3) is 0.300. The first kappa shape index (κ1) is 24.4. The largest absolute Gasteiger partial charge is 0.497 e. The van der Waals surface area contributed by atoms with Crippen molar-refractivity contribution in [3.63, 3.8) is 0 Å². The van der Waals surface area contributed by atoms with E-state index in [4.69, 9.17) is 19.6 Å². The second-order valence-electron chi connectivity index (χ2n) is 9.21. The van der Waals surface area contributed by atoms with E-state index in [-0.39, 0.29) is 5.97 Å². The highest BCUT2D eigenvalue weighted by Gasteiger charge is 2.19. The third kappa shape index (κ3) is 5.59. The maximum atomic E-state index is 11.7. The number of nitrogens with one attached hydrogen (secondary N) is 1. The van der Waals surface area contributed by atoms with Gasteiger partial charge in [-0.15, -0.1) is 0 Å². The number of hydrogen-bond donors (Lipinski definition) is 1. The molecule has 1 aliphatic rings. The number of methoxy groups -OCH3 is 2. The van der Waals surface area contributed by atoms with E-state index < -0.39 is 0 Å². The van der Waals surface area contributed by atoms with Crippen molar-refractivity contribution in [1.29, 1.82) is 0 Å². The number of carbonyl (C=O) groups excluding carboxylic acids is 1. The van der Waals surface area contributed by atoms with Gasteiger partial charge in [0.2, 0.25) is 0 Å². The van der Waals surface area contributed by atoms with Crippen LogP contribution in [0.2, 0.25) is 0 Å². The molecule has 7 nitrogen and oxygen atoms in total. The Morgan fingerprint density at radius 2 is 1.76 bits per heavy atom. The van der Waals surface area contributed by atoms with Crippen molar-refractivity contribution in [2.24, 2.45) is 0 Å². The van der Waals surface area contributed by atoms with E-state index in [1.54, 1.807) is 19.2 Å². The lowest BCUT2D eigenvalue weighted by Crippen LogP contribution is -2.22. The normalized spacial score (nSPS) is 13.6. The Labute approximate surface area is 216 Å². The average molecular weight is 495 g/mol. The Bertz CT molecular complexity index is 1440. The Kier molecular flexibility index (Phi) is 7.36. The van der Waals surface area contributed by atoms with E-state index in [0.717, 1.165) is 46.4 Å². The third-order valence-corrected chi connectivity index (χ3v) is 6.73. The summed E-state index contributed by atoms with van der Waals surface area (Å²) >= 11 is 0. The number of anilines is 1. The van der Waals surface area contributed by atoms with Crippen molar-refractivity contribution in [2.75, 3.05) is 19.5 Å². The molecule has 1 N–H and O–H groups in total. The molecule has 2 aromatic heterocycles. The molecule has 7 heteroatoms. The molecule has 2 heterocycles. The summed E-state index contributed by atoms with van der Waals surface area (Å²) in [7, 11) is 3.04. The van der Waals surface area contributed by atoms with Gasteiger partial charge in [-0.25, -0.2) is 9.78 Å². The Morgan fingerprint density at radius 1 is 1.00 bits per heavy atom. The van der Waals surface area contributed by atoms with E-state index in [0.29, 0.717) is 23.8 Å². The van der Waals surface area contributed by atoms with Crippen LogP contribution in [0.4, 0.5) is 5.82 Å². The molecule has 0 unspecified atom stereocenters. The molecule has 4 aromatic rings. The van der Waals surface area contributed by atoms with Crippen LogP contribution in [-0.4, -0.2) is 41.0 Å². The van der Waals surface area contributed by atoms with Gasteiger partial charge in [-0.1, -0.05) is 37.3 Å². The second kappa shape index (κ2) is 11.2. The third-order valence-electron chi connectivity index (χ3n) is 6.73. The standard InChI is InChI=1S/C30H30N4O3/c1-36-25-15-10-22(11-16-25)20-34-27-18-19-31-29(32-24-6-4-3-5-7-24)28(27)26(33-34)17-12-21-8-13-23(14-9-21)30(35)37-2/h8-11,13-16,18-19,24H,3-7,20H2,1-2H3,(H,31,32). The molecule has 1 aliphatic carbocycles. The Morgan fingerprint density at radius 3 is 2.46 bits per heavy atom. The first-order valence-electron chi connectivity index (χ1n) is 12.6. The van der Waals surface area contributed by atoms with Crippen molar-refractivity contribution in [3.8, 4) is 17.6 Å². The molecule has 2 aromatic carbocycles. The number of fused-ring (bicyclic) bond motifs is 1. The number of carbonyl (C=O) groups is 1. The van der Waals surface area contributed by atoms with Gasteiger partial charge in [0.05, 0.1) is 37.2 Å². The van der Waals surface area contributed by atoms with E-state index in [1.165, 1.54) is 26.4 Å². The van der Waals surface area contributed by atoms with Gasteiger partial charge < -0.3 is 14.8 Å². The molecule has 0 bridgehead atoms. The van der Waals surface area contributed by atoms with E-state index in [1.807, 2.05) is 53.3 Å². The van der Waals surface area contributed by atoms with Crippen molar-refractivity contribution < 1.29 is 14.3 Å². The highest BCUT2D eigenvalue weighted by atomic mass is 16.5. The SMILES string of the molecule is COC(=O)c1ccc(C#Cc2nn(Cc3ccc(OC)cc3)c3ccnc(NC4CCCCC4)c23)cc1. The molecule has 1 saturated carbocycles. The van der Waals surface area contributed by atoms with Crippen molar-refractivity contribution in [3.05, 3.63) is 83.2 Å². The summed E-state index contributed by atoms with van der Waals surface area (Å²) in [4.78, 5) is 16.4. The number of nitrogens with zero attached hydrogens (tertiary/aromatic N) is 3. The number of benzene rings is 2. The highest BCUT2D eigenvalue weighted by Crippen LogP contribution is 2.29. The van der Waals surface area contributed by atoms with Crippen LogP contribution in [0.1, 0.15) is 59.3 Å². The lowest BCUT2D eigenvalue weighted by molar-refractivity contribution is 0.0600. The number of hydrogen-bond acceptors (Lipinski definition) is 6. The molecule has 1 fully saturated rings. The predicted octanol–water partition coefficient (Wildman–Crippen LogP) is 5.42. The summed E-state index contributed by atoms with van der Waals surface area (Å²) in [5.41, 5.74) is 4.05. The van der Waals surface area contributed by atoms with E-state index in [9.17, 15) is 4.79 Å². The first-order chi connectivity index (χ1) is 18.1. The summed E-state index contributed by atoms with van der Waals surface area (Å²) in [5, 5.41) is 9.52. The molecule has 0 spiro atoms. The second-order valence-corrected chi connectivity index (χ2v) is 9.21. The smallest absolute Gasteiger partial charge is 0.337 e. The number of pyridine rings is 1. The quantitative estimate of drug-likeness (QED) is 0.285. The average Bonchev–Trinajstić information content (AvgIpc) is 3.30. The summed E-state index contributed by atoms with van der Waals surface area (Å²) in [5.74, 6) is 7.76. The zero-order valence-electron chi connectivity index (χ0n) is 21.2. The molecule has 0 saturated heterocycles. The van der Waals surface area contributed by atoms with Gasteiger partial charge in [-0.05, 0) is 66.8 Å². The monoisotopic (exact) mass is 494 g/mol. The fourth-order valence-corrected chi connectivity index (χ4v) is 4.73. The van der Waals surface area contributed by atoms with Crippen LogP contribution >= 0.6 is 0 Å². The Balaban J connectivity index is 1.52. The predicted molar refractivity (Wildman–Crippen MR) is 144 cm³/mol. The molecule has 0 aliphatic heterocycles. The maximum Gasteiger partial charge on any atom is 0.337 e. The van der Waals surface area contributed by atoms with Gasteiger partial charge in [0.15, 0.2) is 0 Å². The van der Waals surface area contributed by atoms with Gasteiger partial charge >= 0.3 is 5.97 Å². The van der Waals surface area contributed by atoms with Gasteiger partial charge in [0, 0.05) is 17.8 Å². The summed E-state index contributed by atoms with van der Waals surface area (Å²) < 4.78 is 12.1. The van der Waals surface area contributed by atoms with Crippen LogP contribution in [0.5, 0.6) is 5.75 Å². The van der Waals surface area contributed by atoms with Crippen LogP contribution in [-0.2, 0) is 11.3 Å².